The SMILES string of the molecule is CC(C)(C)COC1=C(OCC(C)(C)C)C(=O)c2ccccc2C1=O. The smallest absolute Gasteiger partial charge is 0.232 e. The quantitative estimate of drug-likeness (QED) is 0.821. The summed E-state index contributed by atoms with van der Waals surface area (Å²) in [6.07, 6.45) is 0. The normalized spacial score (nSPS) is 15.4. The van der Waals surface area contributed by atoms with Gasteiger partial charge in [-0.2, -0.15) is 0 Å². The van der Waals surface area contributed by atoms with E-state index in [1.807, 2.05) is 41.5 Å². The fourth-order valence-corrected chi connectivity index (χ4v) is 2.17. The molecule has 2 rings (SSSR count). The third-order valence-corrected chi connectivity index (χ3v) is 3.33. The fraction of sp³-hybridized carbons (Fsp3) is 0.500. The summed E-state index contributed by atoms with van der Waals surface area (Å²) in [6, 6.07) is 6.78. The minimum Gasteiger partial charge on any atom is -0.486 e. The second kappa shape index (κ2) is 6.42. The molecule has 0 fully saturated rings. The number of carbonyl (C=O) groups excluding carboxylic acids is 2. The van der Waals surface area contributed by atoms with Crippen molar-refractivity contribution in [3.8, 4) is 0 Å². The van der Waals surface area contributed by atoms with Crippen molar-refractivity contribution < 1.29 is 19.1 Å². The Morgan fingerprint density at radius 1 is 0.708 bits per heavy atom. The van der Waals surface area contributed by atoms with E-state index in [0.717, 1.165) is 0 Å². The van der Waals surface area contributed by atoms with Crippen LogP contribution in [0.1, 0.15) is 62.3 Å². The van der Waals surface area contributed by atoms with E-state index >= 15 is 0 Å². The van der Waals surface area contributed by atoms with Crippen molar-refractivity contribution in [1.82, 2.24) is 0 Å². The number of rotatable bonds is 4. The van der Waals surface area contributed by atoms with Crippen molar-refractivity contribution in [2.24, 2.45) is 10.8 Å². The van der Waals surface area contributed by atoms with Crippen LogP contribution >= 0.6 is 0 Å². The summed E-state index contributed by atoms with van der Waals surface area (Å²) in [6.45, 7) is 12.7. The van der Waals surface area contributed by atoms with Crippen molar-refractivity contribution >= 4 is 11.6 Å². The largest absolute Gasteiger partial charge is 0.486 e. The predicted octanol–water partition coefficient (Wildman–Crippen LogP) is 4.40. The van der Waals surface area contributed by atoms with E-state index in [-0.39, 0.29) is 33.9 Å². The highest BCUT2D eigenvalue weighted by Crippen LogP contribution is 2.30. The molecule has 0 heterocycles. The molecule has 0 N–H and O–H groups in total. The molecule has 0 saturated heterocycles. The number of ketones is 2. The van der Waals surface area contributed by atoms with Crippen molar-refractivity contribution in [3.05, 3.63) is 46.9 Å². The second-order valence-corrected chi connectivity index (χ2v) is 8.56. The third-order valence-electron chi connectivity index (χ3n) is 3.33. The van der Waals surface area contributed by atoms with Crippen LogP contribution in [0, 0.1) is 10.8 Å². The van der Waals surface area contributed by atoms with Crippen molar-refractivity contribution in [1.29, 1.82) is 0 Å². The summed E-state index contributed by atoms with van der Waals surface area (Å²) >= 11 is 0. The number of ether oxygens (including phenoxy) is 2. The lowest BCUT2D eigenvalue weighted by atomic mass is 9.91. The highest BCUT2D eigenvalue weighted by atomic mass is 16.5. The Morgan fingerprint density at radius 2 is 1.04 bits per heavy atom. The summed E-state index contributed by atoms with van der Waals surface area (Å²) in [5, 5.41) is 0. The number of benzene rings is 1. The zero-order valence-corrected chi connectivity index (χ0v) is 15.4. The van der Waals surface area contributed by atoms with E-state index in [1.165, 1.54) is 0 Å². The van der Waals surface area contributed by atoms with E-state index in [1.54, 1.807) is 24.3 Å². The van der Waals surface area contributed by atoms with Crippen LogP contribution in [-0.4, -0.2) is 24.8 Å². The molecule has 0 unspecified atom stereocenters. The maximum atomic E-state index is 12.8. The first kappa shape index (κ1) is 18.2. The minimum absolute atomic E-state index is 0.0258. The van der Waals surface area contributed by atoms with E-state index < -0.39 is 0 Å². The Morgan fingerprint density at radius 3 is 1.33 bits per heavy atom. The highest BCUT2D eigenvalue weighted by Gasteiger charge is 2.36. The molecule has 4 nitrogen and oxygen atoms in total. The number of hydrogen-bond donors (Lipinski definition) is 0. The van der Waals surface area contributed by atoms with Gasteiger partial charge in [0.25, 0.3) is 0 Å². The molecule has 1 aromatic rings. The van der Waals surface area contributed by atoms with Gasteiger partial charge < -0.3 is 9.47 Å². The van der Waals surface area contributed by atoms with Gasteiger partial charge in [-0.05, 0) is 10.8 Å². The van der Waals surface area contributed by atoms with Gasteiger partial charge in [0.15, 0.2) is 0 Å². The van der Waals surface area contributed by atoms with Crippen molar-refractivity contribution in [3.63, 3.8) is 0 Å². The van der Waals surface area contributed by atoms with Gasteiger partial charge in [0.05, 0.1) is 13.2 Å². The second-order valence-electron chi connectivity index (χ2n) is 8.56. The lowest BCUT2D eigenvalue weighted by molar-refractivity contribution is 0.0571. The molecule has 0 atom stereocenters. The topological polar surface area (TPSA) is 52.6 Å². The van der Waals surface area contributed by atoms with E-state index in [2.05, 4.69) is 0 Å². The number of allylic oxidation sites excluding steroid dienone is 2. The number of fused-ring (bicyclic) bond motifs is 1. The first-order chi connectivity index (χ1) is 11.0. The summed E-state index contributed by atoms with van der Waals surface area (Å²) < 4.78 is 11.5. The van der Waals surface area contributed by atoms with Crippen LogP contribution in [0.5, 0.6) is 0 Å². The average molecular weight is 330 g/mol. The van der Waals surface area contributed by atoms with Crippen LogP contribution in [-0.2, 0) is 9.47 Å². The molecular weight excluding hydrogens is 304 g/mol. The molecule has 24 heavy (non-hydrogen) atoms. The molecule has 0 amide bonds. The molecule has 0 saturated carbocycles. The molecule has 0 aliphatic heterocycles. The molecule has 1 aliphatic rings. The Hall–Kier alpha value is -2.10. The molecule has 4 heteroatoms. The first-order valence-electron chi connectivity index (χ1n) is 8.18. The number of Topliss-reactive ketones (excluding diaryl/α,β-unsaturated/α-hetero) is 2. The summed E-state index contributed by atoms with van der Waals surface area (Å²) in [7, 11) is 0. The maximum Gasteiger partial charge on any atom is 0.232 e. The van der Waals surface area contributed by atoms with Crippen molar-refractivity contribution in [2.45, 2.75) is 41.5 Å². The average Bonchev–Trinajstić information content (AvgIpc) is 2.46. The lowest BCUT2D eigenvalue weighted by Crippen LogP contribution is -2.28. The molecule has 0 radical (unpaired) electrons. The number of carbonyl (C=O) groups is 2. The molecule has 0 spiro atoms. The predicted molar refractivity (Wildman–Crippen MR) is 92.9 cm³/mol. The summed E-state index contributed by atoms with van der Waals surface area (Å²) in [4.78, 5) is 25.6. The minimum atomic E-state index is -0.293. The van der Waals surface area contributed by atoms with Crippen molar-refractivity contribution in [2.75, 3.05) is 13.2 Å². The van der Waals surface area contributed by atoms with Gasteiger partial charge in [-0.25, -0.2) is 0 Å². The highest BCUT2D eigenvalue weighted by molar-refractivity contribution is 6.25. The molecule has 1 aromatic carbocycles. The van der Waals surface area contributed by atoms with Gasteiger partial charge in [0.2, 0.25) is 23.1 Å². The molecule has 0 bridgehead atoms. The van der Waals surface area contributed by atoms with Crippen LogP contribution in [0.15, 0.2) is 35.8 Å². The summed E-state index contributed by atoms with van der Waals surface area (Å²) in [5.41, 5.74) is 0.467. The summed E-state index contributed by atoms with van der Waals surface area (Å²) in [5.74, 6) is -0.535. The zero-order chi connectivity index (χ0) is 18.1. The number of hydrogen-bond acceptors (Lipinski definition) is 4. The maximum absolute atomic E-state index is 12.8. The van der Waals surface area contributed by atoms with Crippen LogP contribution in [0.4, 0.5) is 0 Å². The van der Waals surface area contributed by atoms with E-state index in [0.29, 0.717) is 24.3 Å². The van der Waals surface area contributed by atoms with Gasteiger partial charge in [-0.3, -0.25) is 9.59 Å². The standard InChI is InChI=1S/C20H26O4/c1-19(2,3)11-23-17-15(21)13-9-7-8-10-14(13)16(22)18(17)24-12-20(4,5)6/h7-10H,11-12H2,1-6H3. The van der Waals surface area contributed by atoms with E-state index in [9.17, 15) is 9.59 Å². The fourth-order valence-electron chi connectivity index (χ4n) is 2.17. The zero-order valence-electron chi connectivity index (χ0n) is 15.4. The molecule has 1 aliphatic carbocycles. The van der Waals surface area contributed by atoms with Gasteiger partial charge in [-0.1, -0.05) is 65.8 Å². The Labute approximate surface area is 143 Å². The van der Waals surface area contributed by atoms with E-state index in [4.69, 9.17) is 9.47 Å². The lowest BCUT2D eigenvalue weighted by Gasteiger charge is -2.26. The van der Waals surface area contributed by atoms with Crippen LogP contribution in [0.3, 0.4) is 0 Å². The monoisotopic (exact) mass is 330 g/mol. The first-order valence-corrected chi connectivity index (χ1v) is 8.18. The van der Waals surface area contributed by atoms with Crippen LogP contribution in [0.25, 0.3) is 0 Å². The molecular formula is C20H26O4. The van der Waals surface area contributed by atoms with Gasteiger partial charge in [0, 0.05) is 11.1 Å². The third kappa shape index (κ3) is 4.25. The van der Waals surface area contributed by atoms with Gasteiger partial charge >= 0.3 is 0 Å². The van der Waals surface area contributed by atoms with Gasteiger partial charge in [0.1, 0.15) is 0 Å². The molecule has 130 valence electrons. The van der Waals surface area contributed by atoms with Gasteiger partial charge in [-0.15, -0.1) is 0 Å². The molecule has 0 aromatic heterocycles. The Balaban J connectivity index is 2.42. The Kier molecular flexibility index (Phi) is 4.88. The van der Waals surface area contributed by atoms with Crippen LogP contribution < -0.4 is 0 Å². The Bertz CT molecular complexity index is 625. The van der Waals surface area contributed by atoms with Crippen LogP contribution in [0.2, 0.25) is 0 Å².